The zero-order chi connectivity index (χ0) is 15.5. The van der Waals surface area contributed by atoms with Gasteiger partial charge >= 0.3 is 0 Å². The first-order valence-corrected chi connectivity index (χ1v) is 8.03. The van der Waals surface area contributed by atoms with Crippen LogP contribution in [0.5, 0.6) is 0 Å². The second kappa shape index (κ2) is 6.53. The van der Waals surface area contributed by atoms with Gasteiger partial charge in [-0.05, 0) is 17.9 Å². The highest BCUT2D eigenvalue weighted by Gasteiger charge is 2.34. The van der Waals surface area contributed by atoms with Crippen molar-refractivity contribution in [2.45, 2.75) is 25.2 Å². The fraction of sp³-hybridized carbons (Fsp3) is 0.500. The Morgan fingerprint density at radius 1 is 1.64 bits per heavy atom. The van der Waals surface area contributed by atoms with Gasteiger partial charge in [0.05, 0.1) is 0 Å². The Bertz CT molecular complexity index is 603. The van der Waals surface area contributed by atoms with Crippen LogP contribution in [0, 0.1) is 0 Å². The van der Waals surface area contributed by atoms with Crippen LogP contribution in [0.2, 0.25) is 0 Å². The second-order valence-electron chi connectivity index (χ2n) is 5.52. The van der Waals surface area contributed by atoms with Crippen LogP contribution in [0.25, 0.3) is 0 Å². The molecule has 0 saturated carbocycles. The molecule has 1 amide bonds. The molecule has 0 bridgehead atoms. The van der Waals surface area contributed by atoms with E-state index in [9.17, 15) is 9.18 Å². The largest absolute Gasteiger partial charge is 0.337 e. The van der Waals surface area contributed by atoms with Crippen LogP contribution in [-0.2, 0) is 6.54 Å². The number of hydrogen-bond acceptors (Lipinski definition) is 5. The number of rotatable bonds is 5. The van der Waals surface area contributed by atoms with Crippen molar-refractivity contribution in [2.24, 2.45) is 0 Å². The Hall–Kier alpha value is -1.80. The third-order valence-electron chi connectivity index (χ3n) is 3.86. The lowest BCUT2D eigenvalue weighted by molar-refractivity contribution is 0.0738. The molecule has 22 heavy (non-hydrogen) atoms. The lowest BCUT2D eigenvalue weighted by Gasteiger charge is -2.27. The summed E-state index contributed by atoms with van der Waals surface area (Å²) in [5.41, 5.74) is 0. The van der Waals surface area contributed by atoms with Gasteiger partial charge in [-0.1, -0.05) is 6.07 Å². The van der Waals surface area contributed by atoms with E-state index in [1.54, 1.807) is 23.3 Å². The predicted octanol–water partition coefficient (Wildman–Crippen LogP) is 1.55. The van der Waals surface area contributed by atoms with Crippen molar-refractivity contribution in [2.75, 3.05) is 20.1 Å². The van der Waals surface area contributed by atoms with Gasteiger partial charge in [-0.25, -0.2) is 9.37 Å². The van der Waals surface area contributed by atoms with Gasteiger partial charge in [0, 0.05) is 37.6 Å². The zero-order valence-electron chi connectivity index (χ0n) is 12.3. The normalized spacial score (nSPS) is 22.1. The van der Waals surface area contributed by atoms with E-state index in [2.05, 4.69) is 26.1 Å². The van der Waals surface area contributed by atoms with Gasteiger partial charge in [0.1, 0.15) is 12.5 Å². The van der Waals surface area contributed by atoms with Gasteiger partial charge < -0.3 is 4.90 Å². The molecule has 0 spiro atoms. The summed E-state index contributed by atoms with van der Waals surface area (Å²) < 4.78 is 13.8. The number of halogens is 1. The fourth-order valence-electron chi connectivity index (χ4n) is 2.80. The molecule has 1 fully saturated rings. The number of thiophene rings is 1. The van der Waals surface area contributed by atoms with Crippen LogP contribution in [0.4, 0.5) is 4.39 Å². The molecule has 2 aromatic rings. The lowest BCUT2D eigenvalue weighted by atomic mass is 10.2. The fourth-order valence-corrected chi connectivity index (χ4v) is 3.53. The molecule has 8 heteroatoms. The molecule has 0 unspecified atom stereocenters. The summed E-state index contributed by atoms with van der Waals surface area (Å²) in [6.07, 6.45) is 0.926. The monoisotopic (exact) mass is 323 g/mol. The van der Waals surface area contributed by atoms with Crippen molar-refractivity contribution < 1.29 is 9.18 Å². The Labute approximate surface area is 132 Å². The number of aromatic nitrogens is 3. The highest BCUT2D eigenvalue weighted by atomic mass is 32.1. The first-order chi connectivity index (χ1) is 10.6. The molecular weight excluding hydrogens is 305 g/mol. The van der Waals surface area contributed by atoms with E-state index in [4.69, 9.17) is 0 Å². The minimum Gasteiger partial charge on any atom is -0.337 e. The summed E-state index contributed by atoms with van der Waals surface area (Å²) >= 11 is 1.67. The Balaban J connectivity index is 1.63. The van der Waals surface area contributed by atoms with Crippen LogP contribution in [0.15, 0.2) is 23.8 Å². The summed E-state index contributed by atoms with van der Waals surface area (Å²) in [6, 6.07) is 4.07. The van der Waals surface area contributed by atoms with E-state index in [-0.39, 0.29) is 17.8 Å². The molecule has 3 rings (SSSR count). The highest BCUT2D eigenvalue weighted by Crippen LogP contribution is 2.24. The number of amides is 1. The van der Waals surface area contributed by atoms with Gasteiger partial charge in [0.25, 0.3) is 5.91 Å². The zero-order valence-corrected chi connectivity index (χ0v) is 13.1. The Morgan fingerprint density at radius 3 is 3.18 bits per heavy atom. The van der Waals surface area contributed by atoms with Gasteiger partial charge in [-0.2, -0.15) is 5.10 Å². The number of alkyl halides is 1. The maximum Gasteiger partial charge on any atom is 0.290 e. The smallest absolute Gasteiger partial charge is 0.290 e. The number of likely N-dealkylation sites (N-methyl/N-ethyl adjacent to an activating group) is 1. The van der Waals surface area contributed by atoms with E-state index >= 15 is 0 Å². The van der Waals surface area contributed by atoms with Crippen LogP contribution in [-0.4, -0.2) is 63.2 Å². The van der Waals surface area contributed by atoms with Gasteiger partial charge in [0.2, 0.25) is 5.82 Å². The number of carbonyl (C=O) groups excluding carboxylic acids is 1. The third kappa shape index (κ3) is 3.33. The average molecular weight is 323 g/mol. The number of hydrogen-bond donors (Lipinski definition) is 1. The molecule has 2 aromatic heterocycles. The van der Waals surface area contributed by atoms with E-state index < -0.39 is 6.17 Å². The van der Waals surface area contributed by atoms with Crippen molar-refractivity contribution in [3.05, 3.63) is 34.5 Å². The van der Waals surface area contributed by atoms with Gasteiger partial charge in [-0.15, -0.1) is 11.3 Å². The topological polar surface area (TPSA) is 65.1 Å². The quantitative estimate of drug-likeness (QED) is 0.907. The predicted molar refractivity (Wildman–Crippen MR) is 81.4 cm³/mol. The number of nitrogens with zero attached hydrogens (tertiary/aromatic N) is 4. The standard InChI is InChI=1S/C14H18FN5OS/c1-19(14(21)13-16-9-17-18-13)7-11-5-10(15)6-20(11)8-12-3-2-4-22-12/h2-4,9-11H,5-8H2,1H3,(H,16,17,18)/t10-,11-/m0/s1. The first-order valence-electron chi connectivity index (χ1n) is 7.15. The van der Waals surface area contributed by atoms with Crippen molar-refractivity contribution in [3.8, 4) is 0 Å². The third-order valence-corrected chi connectivity index (χ3v) is 4.73. The summed E-state index contributed by atoms with van der Waals surface area (Å²) in [4.78, 5) is 20.9. The molecule has 0 radical (unpaired) electrons. The molecule has 118 valence electrons. The molecule has 6 nitrogen and oxygen atoms in total. The number of carbonyl (C=O) groups is 1. The summed E-state index contributed by atoms with van der Waals surface area (Å²) in [5.74, 6) is -0.0158. The molecule has 0 aliphatic carbocycles. The molecule has 0 aromatic carbocycles. The molecule has 1 saturated heterocycles. The highest BCUT2D eigenvalue weighted by molar-refractivity contribution is 7.09. The van der Waals surface area contributed by atoms with Crippen molar-refractivity contribution in [1.29, 1.82) is 0 Å². The van der Waals surface area contributed by atoms with Crippen LogP contribution in [0.3, 0.4) is 0 Å². The molecular formula is C14H18FN5OS. The van der Waals surface area contributed by atoms with E-state index in [0.717, 1.165) is 6.54 Å². The maximum absolute atomic E-state index is 13.8. The van der Waals surface area contributed by atoms with Gasteiger partial charge in [-0.3, -0.25) is 14.8 Å². The minimum atomic E-state index is -0.834. The van der Waals surface area contributed by atoms with Crippen molar-refractivity contribution in [3.63, 3.8) is 0 Å². The van der Waals surface area contributed by atoms with E-state index in [1.165, 1.54) is 11.2 Å². The first kappa shape index (κ1) is 15.1. The second-order valence-corrected chi connectivity index (χ2v) is 6.55. The molecule has 1 N–H and O–H groups in total. The molecule has 2 atom stereocenters. The molecule has 1 aliphatic heterocycles. The SMILES string of the molecule is CN(C[C@@H]1C[C@H](F)CN1Cc1cccs1)C(=O)c1ncn[nH]1. The maximum atomic E-state index is 13.8. The summed E-state index contributed by atoms with van der Waals surface area (Å²) in [7, 11) is 1.71. The van der Waals surface area contributed by atoms with Crippen LogP contribution in [0.1, 0.15) is 21.9 Å². The lowest BCUT2D eigenvalue weighted by Crippen LogP contribution is -2.41. The molecule has 1 aliphatic rings. The summed E-state index contributed by atoms with van der Waals surface area (Å²) in [6.45, 7) is 1.63. The minimum absolute atomic E-state index is 0.0222. The van der Waals surface area contributed by atoms with Crippen LogP contribution < -0.4 is 0 Å². The van der Waals surface area contributed by atoms with E-state index in [1.807, 2.05) is 11.4 Å². The van der Waals surface area contributed by atoms with Crippen molar-refractivity contribution >= 4 is 17.2 Å². The Morgan fingerprint density at radius 2 is 2.50 bits per heavy atom. The number of likely N-dealkylation sites (tertiary alicyclic amines) is 1. The van der Waals surface area contributed by atoms with Gasteiger partial charge in [0.15, 0.2) is 0 Å². The average Bonchev–Trinajstić information content (AvgIpc) is 3.22. The number of H-pyrrole nitrogens is 1. The number of aromatic amines is 1. The number of nitrogens with one attached hydrogen (secondary N) is 1. The summed E-state index contributed by atoms with van der Waals surface area (Å²) in [5, 5.41) is 8.26. The van der Waals surface area contributed by atoms with E-state index in [0.29, 0.717) is 19.5 Å². The Kier molecular flexibility index (Phi) is 4.49. The molecule has 3 heterocycles. The van der Waals surface area contributed by atoms with Crippen molar-refractivity contribution in [1.82, 2.24) is 25.0 Å². The van der Waals surface area contributed by atoms with Crippen LogP contribution >= 0.6 is 11.3 Å².